The number of hydrogen-bond acceptors (Lipinski definition) is 5. The Kier molecular flexibility index (Phi) is 9.18. The number of para-hydroxylation sites is 1. The Balaban J connectivity index is 0.00000363. The SMILES string of the molecule is CN=C(NCc1cc(OC)c(O)c(OC)c1)NCc1ccccc1-n1nc(C)cc1C.I. The molecule has 0 saturated carbocycles. The number of nitrogens with one attached hydrogen (secondary N) is 2. The number of aliphatic imine (C=N–C) groups is 1. The van der Waals surface area contributed by atoms with Gasteiger partial charge in [-0.05, 0) is 49.2 Å². The summed E-state index contributed by atoms with van der Waals surface area (Å²) in [7, 11) is 4.74. The number of aromatic hydroxyl groups is 1. The van der Waals surface area contributed by atoms with Crippen LogP contribution in [0, 0.1) is 13.8 Å². The molecule has 3 rings (SSSR count). The lowest BCUT2D eigenvalue weighted by Crippen LogP contribution is -2.36. The third-order valence-corrected chi connectivity index (χ3v) is 4.90. The van der Waals surface area contributed by atoms with Gasteiger partial charge in [-0.15, -0.1) is 24.0 Å². The van der Waals surface area contributed by atoms with Gasteiger partial charge in [-0.2, -0.15) is 5.10 Å². The number of guanidine groups is 1. The lowest BCUT2D eigenvalue weighted by atomic mass is 10.1. The van der Waals surface area contributed by atoms with Gasteiger partial charge in [0.15, 0.2) is 17.5 Å². The van der Waals surface area contributed by atoms with Crippen LogP contribution in [0.15, 0.2) is 47.5 Å². The third-order valence-electron chi connectivity index (χ3n) is 4.90. The zero-order valence-corrected chi connectivity index (χ0v) is 21.3. The molecule has 9 heteroatoms. The quantitative estimate of drug-likeness (QED) is 0.236. The number of aryl methyl sites for hydroxylation is 2. The van der Waals surface area contributed by atoms with Crippen LogP contribution in [0.1, 0.15) is 22.5 Å². The molecule has 0 amide bonds. The summed E-state index contributed by atoms with van der Waals surface area (Å²) >= 11 is 0. The van der Waals surface area contributed by atoms with Gasteiger partial charge in [0.1, 0.15) is 0 Å². The highest BCUT2D eigenvalue weighted by atomic mass is 127. The summed E-state index contributed by atoms with van der Waals surface area (Å²) < 4.78 is 12.4. The Labute approximate surface area is 205 Å². The van der Waals surface area contributed by atoms with Crippen molar-refractivity contribution in [2.75, 3.05) is 21.3 Å². The molecule has 0 unspecified atom stereocenters. The van der Waals surface area contributed by atoms with Crippen molar-refractivity contribution in [2.45, 2.75) is 26.9 Å². The maximum absolute atomic E-state index is 10.1. The number of methoxy groups -OCH3 is 2. The summed E-state index contributed by atoms with van der Waals surface area (Å²) in [6.45, 7) is 5.09. The van der Waals surface area contributed by atoms with Gasteiger partial charge in [-0.1, -0.05) is 18.2 Å². The number of nitrogens with zero attached hydrogens (tertiary/aromatic N) is 3. The summed E-state index contributed by atoms with van der Waals surface area (Å²) in [6.07, 6.45) is 0. The predicted octanol–water partition coefficient (Wildman–Crippen LogP) is 3.70. The average Bonchev–Trinajstić information content (AvgIpc) is 3.12. The van der Waals surface area contributed by atoms with Crippen molar-refractivity contribution in [1.29, 1.82) is 0 Å². The molecule has 32 heavy (non-hydrogen) atoms. The van der Waals surface area contributed by atoms with E-state index in [9.17, 15) is 5.11 Å². The zero-order valence-electron chi connectivity index (χ0n) is 19.0. The Morgan fingerprint density at radius 1 is 1.03 bits per heavy atom. The van der Waals surface area contributed by atoms with Crippen LogP contribution in [0.25, 0.3) is 5.69 Å². The molecular weight excluding hydrogens is 521 g/mol. The maximum Gasteiger partial charge on any atom is 0.200 e. The summed E-state index contributed by atoms with van der Waals surface area (Å²) in [4.78, 5) is 4.31. The number of hydrogen-bond donors (Lipinski definition) is 3. The second kappa shape index (κ2) is 11.6. The van der Waals surface area contributed by atoms with Gasteiger partial charge in [0.2, 0.25) is 5.75 Å². The van der Waals surface area contributed by atoms with Crippen LogP contribution in [0.2, 0.25) is 0 Å². The van der Waals surface area contributed by atoms with E-state index in [1.54, 1.807) is 19.2 Å². The number of benzene rings is 2. The molecule has 8 nitrogen and oxygen atoms in total. The van der Waals surface area contributed by atoms with E-state index in [1.807, 2.05) is 30.7 Å². The van der Waals surface area contributed by atoms with Crippen LogP contribution in [-0.2, 0) is 13.1 Å². The lowest BCUT2D eigenvalue weighted by Gasteiger charge is -2.16. The monoisotopic (exact) mass is 551 g/mol. The molecule has 1 aromatic heterocycles. The fourth-order valence-electron chi connectivity index (χ4n) is 3.37. The standard InChI is InChI=1S/C23H29N5O3.HI/c1-15-10-16(2)28(27-15)19-9-7-6-8-18(19)14-26-23(24-3)25-13-17-11-20(30-4)22(29)21(12-17)31-5;/h6-12,29H,13-14H2,1-5H3,(H2,24,25,26);1H. The van der Waals surface area contributed by atoms with Gasteiger partial charge in [-0.3, -0.25) is 4.99 Å². The van der Waals surface area contributed by atoms with Gasteiger partial charge in [0.05, 0.1) is 25.6 Å². The first-order chi connectivity index (χ1) is 15.0. The number of aromatic nitrogens is 2. The molecule has 0 radical (unpaired) electrons. The predicted molar refractivity (Wildman–Crippen MR) is 137 cm³/mol. The molecule has 2 aromatic carbocycles. The van der Waals surface area contributed by atoms with Crippen LogP contribution in [-0.4, -0.2) is 42.1 Å². The molecule has 0 spiro atoms. The third kappa shape index (κ3) is 5.84. The normalized spacial score (nSPS) is 11.0. The van der Waals surface area contributed by atoms with E-state index in [2.05, 4.69) is 38.9 Å². The molecule has 3 aromatic rings. The first-order valence-electron chi connectivity index (χ1n) is 9.96. The Bertz CT molecular complexity index is 1060. The van der Waals surface area contributed by atoms with E-state index in [4.69, 9.17) is 9.47 Å². The van der Waals surface area contributed by atoms with Crippen molar-refractivity contribution in [3.05, 3.63) is 65.0 Å². The fraction of sp³-hybridized carbons (Fsp3) is 0.304. The summed E-state index contributed by atoms with van der Waals surface area (Å²) in [5, 5.41) is 21.3. The first-order valence-corrected chi connectivity index (χ1v) is 9.96. The van der Waals surface area contributed by atoms with Crippen LogP contribution in [0.4, 0.5) is 0 Å². The molecule has 0 atom stereocenters. The second-order valence-corrected chi connectivity index (χ2v) is 7.10. The van der Waals surface area contributed by atoms with Gasteiger partial charge < -0.3 is 25.2 Å². The van der Waals surface area contributed by atoms with Crippen LogP contribution in [0.5, 0.6) is 17.2 Å². The van der Waals surface area contributed by atoms with E-state index < -0.39 is 0 Å². The highest BCUT2D eigenvalue weighted by Gasteiger charge is 2.12. The van der Waals surface area contributed by atoms with Crippen molar-refractivity contribution in [2.24, 2.45) is 4.99 Å². The minimum Gasteiger partial charge on any atom is -0.502 e. The molecular formula is C23H30IN5O3. The number of ether oxygens (including phenoxy) is 2. The van der Waals surface area contributed by atoms with Crippen molar-refractivity contribution in [3.63, 3.8) is 0 Å². The van der Waals surface area contributed by atoms with Gasteiger partial charge in [0, 0.05) is 25.8 Å². The molecule has 0 aliphatic heterocycles. The highest BCUT2D eigenvalue weighted by molar-refractivity contribution is 14.0. The minimum absolute atomic E-state index is 0. The van der Waals surface area contributed by atoms with Gasteiger partial charge in [0.25, 0.3) is 0 Å². The Morgan fingerprint density at radius 2 is 1.66 bits per heavy atom. The molecule has 0 aliphatic carbocycles. The molecule has 0 aliphatic rings. The number of phenols is 1. The van der Waals surface area contributed by atoms with Crippen LogP contribution in [0.3, 0.4) is 0 Å². The maximum atomic E-state index is 10.1. The number of rotatable bonds is 7. The van der Waals surface area contributed by atoms with Gasteiger partial charge >= 0.3 is 0 Å². The van der Waals surface area contributed by atoms with E-state index in [0.29, 0.717) is 30.5 Å². The number of phenolic OH excluding ortho intramolecular Hbond substituents is 1. The second-order valence-electron chi connectivity index (χ2n) is 7.10. The Morgan fingerprint density at radius 3 is 2.22 bits per heavy atom. The van der Waals surface area contributed by atoms with E-state index >= 15 is 0 Å². The Hall–Kier alpha value is -2.95. The van der Waals surface area contributed by atoms with Gasteiger partial charge in [-0.25, -0.2) is 4.68 Å². The average molecular weight is 551 g/mol. The molecule has 1 heterocycles. The lowest BCUT2D eigenvalue weighted by molar-refractivity contribution is 0.339. The fourth-order valence-corrected chi connectivity index (χ4v) is 3.37. The van der Waals surface area contributed by atoms with Crippen molar-refractivity contribution >= 4 is 29.9 Å². The molecule has 0 bridgehead atoms. The van der Waals surface area contributed by atoms with Crippen LogP contribution >= 0.6 is 24.0 Å². The van der Waals surface area contributed by atoms with E-state index in [0.717, 1.165) is 28.2 Å². The largest absolute Gasteiger partial charge is 0.502 e. The van der Waals surface area contributed by atoms with Crippen LogP contribution < -0.4 is 20.1 Å². The topological polar surface area (TPSA) is 92.9 Å². The number of halogens is 1. The van der Waals surface area contributed by atoms with Crippen molar-refractivity contribution < 1.29 is 14.6 Å². The first kappa shape index (κ1) is 25.3. The molecule has 172 valence electrons. The summed E-state index contributed by atoms with van der Waals surface area (Å²) in [6, 6.07) is 13.7. The molecule has 0 saturated heterocycles. The summed E-state index contributed by atoms with van der Waals surface area (Å²) in [5.41, 5.74) is 5.09. The molecule has 3 N–H and O–H groups in total. The van der Waals surface area contributed by atoms with Crippen molar-refractivity contribution in [3.8, 4) is 22.9 Å². The van der Waals surface area contributed by atoms with E-state index in [1.165, 1.54) is 14.2 Å². The summed E-state index contributed by atoms with van der Waals surface area (Å²) in [5.74, 6) is 1.35. The zero-order chi connectivity index (χ0) is 22.4. The van der Waals surface area contributed by atoms with Crippen molar-refractivity contribution in [1.82, 2.24) is 20.4 Å². The van der Waals surface area contributed by atoms with E-state index in [-0.39, 0.29) is 29.7 Å². The molecule has 0 fully saturated rings. The minimum atomic E-state index is -0.0167. The smallest absolute Gasteiger partial charge is 0.200 e. The highest BCUT2D eigenvalue weighted by Crippen LogP contribution is 2.37.